The molecule has 1 rings (SSSR count). The van der Waals surface area contributed by atoms with Crippen LogP contribution in [0.4, 0.5) is 0 Å². The molecule has 1 amide bonds. The Labute approximate surface area is 109 Å². The maximum Gasteiger partial charge on any atom is 0.304 e. The van der Waals surface area contributed by atoms with E-state index in [-0.39, 0.29) is 24.4 Å². The minimum absolute atomic E-state index is 0.0146. The second-order valence-electron chi connectivity index (χ2n) is 5.32. The summed E-state index contributed by atoms with van der Waals surface area (Å²) in [5.74, 6) is -0.709. The lowest BCUT2D eigenvalue weighted by Crippen LogP contribution is -2.47. The summed E-state index contributed by atoms with van der Waals surface area (Å²) in [5, 5.41) is 8.89. The number of carboxylic acid groups (broad SMARTS) is 1. The van der Waals surface area contributed by atoms with Crippen molar-refractivity contribution < 1.29 is 14.7 Å². The van der Waals surface area contributed by atoms with Gasteiger partial charge in [-0.2, -0.15) is 0 Å². The van der Waals surface area contributed by atoms with E-state index in [1.165, 1.54) is 0 Å². The van der Waals surface area contributed by atoms with Gasteiger partial charge in [-0.1, -0.05) is 6.42 Å². The van der Waals surface area contributed by atoms with Crippen molar-refractivity contribution in [3.8, 4) is 0 Å². The van der Waals surface area contributed by atoms with Crippen LogP contribution in [-0.4, -0.2) is 59.0 Å². The molecule has 104 valence electrons. The Morgan fingerprint density at radius 1 is 1.39 bits per heavy atom. The average molecular weight is 256 g/mol. The van der Waals surface area contributed by atoms with E-state index in [0.29, 0.717) is 6.54 Å². The molecule has 5 nitrogen and oxygen atoms in total. The van der Waals surface area contributed by atoms with E-state index in [0.717, 1.165) is 25.8 Å². The fourth-order valence-corrected chi connectivity index (χ4v) is 2.27. The minimum atomic E-state index is -0.781. The first-order valence-corrected chi connectivity index (χ1v) is 6.63. The maximum atomic E-state index is 12.0. The topological polar surface area (TPSA) is 60.9 Å². The smallest absolute Gasteiger partial charge is 0.304 e. The highest BCUT2D eigenvalue weighted by Crippen LogP contribution is 2.19. The Kier molecular flexibility index (Phi) is 5.59. The first-order chi connectivity index (χ1) is 8.41. The van der Waals surface area contributed by atoms with Gasteiger partial charge in [0.2, 0.25) is 5.91 Å². The van der Waals surface area contributed by atoms with Gasteiger partial charge in [-0.25, -0.2) is 0 Å². The minimum Gasteiger partial charge on any atom is -0.481 e. The van der Waals surface area contributed by atoms with Crippen LogP contribution in [-0.2, 0) is 9.59 Å². The molecule has 5 heteroatoms. The van der Waals surface area contributed by atoms with Gasteiger partial charge in [0.25, 0.3) is 0 Å². The van der Waals surface area contributed by atoms with Crippen molar-refractivity contribution in [2.75, 3.05) is 20.1 Å². The maximum absolute atomic E-state index is 12.0. The number of hydrogen-bond donors (Lipinski definition) is 1. The van der Waals surface area contributed by atoms with Crippen LogP contribution in [0.2, 0.25) is 0 Å². The molecule has 1 saturated heterocycles. The van der Waals surface area contributed by atoms with E-state index in [9.17, 15) is 9.59 Å². The number of nitrogens with zero attached hydrogens (tertiary/aromatic N) is 2. The number of carbonyl (C=O) groups excluding carboxylic acids is 1. The lowest BCUT2D eigenvalue weighted by molar-refractivity contribution is -0.140. The summed E-state index contributed by atoms with van der Waals surface area (Å²) >= 11 is 0. The highest BCUT2D eigenvalue weighted by molar-refractivity contribution is 5.78. The van der Waals surface area contributed by atoms with Crippen molar-refractivity contribution in [1.82, 2.24) is 9.80 Å². The normalized spacial score (nSPS) is 21.0. The Hall–Kier alpha value is -1.10. The first kappa shape index (κ1) is 15.0. The Morgan fingerprint density at radius 2 is 2.06 bits per heavy atom. The number of likely N-dealkylation sites (N-methyl/N-ethyl adjacent to an activating group) is 1. The van der Waals surface area contributed by atoms with Crippen LogP contribution >= 0.6 is 0 Å². The highest BCUT2D eigenvalue weighted by atomic mass is 16.4. The van der Waals surface area contributed by atoms with Gasteiger partial charge < -0.3 is 10.0 Å². The lowest BCUT2D eigenvalue weighted by atomic mass is 9.99. The molecule has 0 saturated carbocycles. The number of amides is 1. The molecular weight excluding hydrogens is 232 g/mol. The predicted octanol–water partition coefficient (Wildman–Crippen LogP) is 1.18. The van der Waals surface area contributed by atoms with E-state index >= 15 is 0 Å². The van der Waals surface area contributed by atoms with Crippen molar-refractivity contribution >= 4 is 11.9 Å². The quantitative estimate of drug-likeness (QED) is 0.802. The van der Waals surface area contributed by atoms with Gasteiger partial charge in [0, 0.05) is 19.1 Å². The summed E-state index contributed by atoms with van der Waals surface area (Å²) in [6, 6.07) is 0.195. The summed E-state index contributed by atoms with van der Waals surface area (Å²) < 4.78 is 0. The zero-order chi connectivity index (χ0) is 13.7. The molecule has 18 heavy (non-hydrogen) atoms. The number of rotatable bonds is 5. The molecule has 0 aliphatic carbocycles. The van der Waals surface area contributed by atoms with Gasteiger partial charge in [0.15, 0.2) is 0 Å². The molecule has 0 aromatic carbocycles. The van der Waals surface area contributed by atoms with Gasteiger partial charge in [0.1, 0.15) is 0 Å². The molecular formula is C13H24N2O3. The van der Waals surface area contributed by atoms with Crippen LogP contribution in [0.5, 0.6) is 0 Å². The van der Waals surface area contributed by atoms with E-state index in [2.05, 4.69) is 0 Å². The van der Waals surface area contributed by atoms with Crippen molar-refractivity contribution in [2.24, 2.45) is 0 Å². The molecule has 1 atom stereocenters. The zero-order valence-electron chi connectivity index (χ0n) is 11.6. The van der Waals surface area contributed by atoms with Crippen molar-refractivity contribution in [3.05, 3.63) is 0 Å². The van der Waals surface area contributed by atoms with Gasteiger partial charge in [0.05, 0.1) is 13.0 Å². The van der Waals surface area contributed by atoms with Crippen LogP contribution in [0.1, 0.15) is 39.5 Å². The molecule has 1 unspecified atom stereocenters. The standard InChI is InChI=1S/C13H24N2O3/c1-10(2)14(3)12(16)9-15-7-5-4-6-11(15)8-13(17)18/h10-11H,4-9H2,1-3H3,(H,17,18). The molecule has 0 aromatic rings. The molecule has 1 aliphatic heterocycles. The predicted molar refractivity (Wildman–Crippen MR) is 69.4 cm³/mol. The third-order valence-corrected chi connectivity index (χ3v) is 3.67. The summed E-state index contributed by atoms with van der Waals surface area (Å²) in [7, 11) is 1.79. The number of hydrogen-bond acceptors (Lipinski definition) is 3. The highest BCUT2D eigenvalue weighted by Gasteiger charge is 2.27. The number of aliphatic carboxylic acids is 1. The molecule has 1 aliphatic rings. The van der Waals surface area contributed by atoms with Crippen molar-refractivity contribution in [1.29, 1.82) is 0 Å². The van der Waals surface area contributed by atoms with E-state index in [4.69, 9.17) is 5.11 Å². The Morgan fingerprint density at radius 3 is 2.61 bits per heavy atom. The van der Waals surface area contributed by atoms with Crippen LogP contribution in [0.15, 0.2) is 0 Å². The molecule has 0 aromatic heterocycles. The van der Waals surface area contributed by atoms with E-state index < -0.39 is 5.97 Å². The molecule has 0 radical (unpaired) electrons. The summed E-state index contributed by atoms with van der Waals surface area (Å²) in [6.45, 7) is 5.12. The second-order valence-corrected chi connectivity index (χ2v) is 5.32. The van der Waals surface area contributed by atoms with Crippen LogP contribution < -0.4 is 0 Å². The zero-order valence-corrected chi connectivity index (χ0v) is 11.6. The van der Waals surface area contributed by atoms with Gasteiger partial charge in [-0.3, -0.25) is 14.5 Å². The molecule has 0 bridgehead atoms. The average Bonchev–Trinajstić information content (AvgIpc) is 2.29. The monoisotopic (exact) mass is 256 g/mol. The van der Waals surface area contributed by atoms with Crippen molar-refractivity contribution in [2.45, 2.75) is 51.6 Å². The fraction of sp³-hybridized carbons (Fsp3) is 0.846. The van der Waals surface area contributed by atoms with E-state index in [1.54, 1.807) is 11.9 Å². The summed E-state index contributed by atoms with van der Waals surface area (Å²) in [4.78, 5) is 26.6. The van der Waals surface area contributed by atoms with Crippen LogP contribution in [0, 0.1) is 0 Å². The Bertz CT molecular complexity index is 305. The van der Waals surface area contributed by atoms with Crippen molar-refractivity contribution in [3.63, 3.8) is 0 Å². The second kappa shape index (κ2) is 6.73. The number of piperidine rings is 1. The largest absolute Gasteiger partial charge is 0.481 e. The lowest BCUT2D eigenvalue weighted by Gasteiger charge is -2.35. The number of carboxylic acids is 1. The third-order valence-electron chi connectivity index (χ3n) is 3.67. The molecule has 1 N–H and O–H groups in total. The third kappa shape index (κ3) is 4.29. The van der Waals surface area contributed by atoms with E-state index in [1.807, 2.05) is 18.7 Å². The molecule has 0 spiro atoms. The van der Waals surface area contributed by atoms with Gasteiger partial charge in [-0.05, 0) is 33.2 Å². The SMILES string of the molecule is CC(C)N(C)C(=O)CN1CCCCC1CC(=O)O. The first-order valence-electron chi connectivity index (χ1n) is 6.63. The molecule has 1 fully saturated rings. The van der Waals surface area contributed by atoms with Crippen LogP contribution in [0.3, 0.4) is 0 Å². The number of carbonyl (C=O) groups is 2. The Balaban J connectivity index is 2.56. The summed E-state index contributed by atoms with van der Waals surface area (Å²) in [5.41, 5.74) is 0. The van der Waals surface area contributed by atoms with Gasteiger partial charge in [-0.15, -0.1) is 0 Å². The molecule has 1 heterocycles. The van der Waals surface area contributed by atoms with Gasteiger partial charge >= 0.3 is 5.97 Å². The summed E-state index contributed by atoms with van der Waals surface area (Å²) in [6.07, 6.45) is 3.13. The fourth-order valence-electron chi connectivity index (χ4n) is 2.27. The van der Waals surface area contributed by atoms with Crippen LogP contribution in [0.25, 0.3) is 0 Å². The number of likely N-dealkylation sites (tertiary alicyclic amines) is 1.